The van der Waals surface area contributed by atoms with Crippen molar-refractivity contribution in [2.45, 2.75) is 25.9 Å². The topological polar surface area (TPSA) is 62.1 Å². The Balaban J connectivity index is 3.02. The highest BCUT2D eigenvalue weighted by Gasteiger charge is 1.99. The van der Waals surface area contributed by atoms with Gasteiger partial charge in [-0.1, -0.05) is 28.5 Å². The first kappa shape index (κ1) is 17.5. The maximum absolute atomic E-state index is 5.88. The van der Waals surface area contributed by atoms with Gasteiger partial charge in [0.05, 0.1) is 6.17 Å². The van der Waals surface area contributed by atoms with E-state index in [1.807, 2.05) is 28.6 Å². The molecule has 104 valence electrons. The number of hydrogen-bond donors (Lipinski definition) is 4. The van der Waals surface area contributed by atoms with Crippen LogP contribution in [0.15, 0.2) is 0 Å². The van der Waals surface area contributed by atoms with Crippen LogP contribution in [-0.4, -0.2) is 50.9 Å². The van der Waals surface area contributed by atoms with Crippen molar-refractivity contribution in [3.63, 3.8) is 0 Å². The molecule has 5 N–H and O–H groups in total. The van der Waals surface area contributed by atoms with Gasteiger partial charge in [-0.25, -0.2) is 0 Å². The monoisotopic (exact) mass is 280 g/mol. The van der Waals surface area contributed by atoms with Crippen LogP contribution in [0.25, 0.3) is 0 Å². The molecule has 0 radical (unpaired) electrons. The van der Waals surface area contributed by atoms with E-state index >= 15 is 0 Å². The van der Waals surface area contributed by atoms with Crippen LogP contribution in [0.1, 0.15) is 19.8 Å². The molecule has 0 aromatic rings. The molecule has 0 saturated carbocycles. The highest BCUT2D eigenvalue weighted by Crippen LogP contribution is 2.19. The number of nitrogens with two attached hydrogens (primary N) is 1. The summed E-state index contributed by atoms with van der Waals surface area (Å²) in [5.74, 6) is 2.29. The summed E-state index contributed by atoms with van der Waals surface area (Å²) in [7, 11) is 5.80. The van der Waals surface area contributed by atoms with Crippen molar-refractivity contribution in [2.75, 3.05) is 44.7 Å². The fourth-order valence-electron chi connectivity index (χ4n) is 1.22. The summed E-state index contributed by atoms with van der Waals surface area (Å²) in [5, 5.41) is 9.80. The van der Waals surface area contributed by atoms with Crippen LogP contribution in [0.3, 0.4) is 0 Å². The lowest BCUT2D eigenvalue weighted by molar-refractivity contribution is 0.501. The standard InChI is InChI=1S/C11H28N4S2/c1-3-5-14-7-9-16-17-10-8-15-11(12)4-6-13-2/h11,13-15H,3-10,12H2,1-2H3. The SMILES string of the molecule is CCCNCCSSCCNC(N)CCNC. The van der Waals surface area contributed by atoms with Crippen molar-refractivity contribution in [1.82, 2.24) is 16.0 Å². The molecule has 6 heteroatoms. The molecule has 0 aromatic carbocycles. The van der Waals surface area contributed by atoms with Crippen molar-refractivity contribution in [3.8, 4) is 0 Å². The third kappa shape index (κ3) is 14.5. The Bertz CT molecular complexity index is 149. The van der Waals surface area contributed by atoms with E-state index in [2.05, 4.69) is 22.9 Å². The van der Waals surface area contributed by atoms with Gasteiger partial charge in [0, 0.05) is 24.6 Å². The quantitative estimate of drug-likeness (QED) is 0.228. The summed E-state index contributed by atoms with van der Waals surface area (Å²) in [4.78, 5) is 0. The van der Waals surface area contributed by atoms with Crippen molar-refractivity contribution in [2.24, 2.45) is 5.73 Å². The van der Waals surface area contributed by atoms with E-state index in [9.17, 15) is 0 Å². The summed E-state index contributed by atoms with van der Waals surface area (Å²) < 4.78 is 0. The Labute approximate surface area is 114 Å². The first-order chi connectivity index (χ1) is 8.31. The lowest BCUT2D eigenvalue weighted by Crippen LogP contribution is -2.40. The summed E-state index contributed by atoms with van der Waals surface area (Å²) in [6, 6.07) is 0. The van der Waals surface area contributed by atoms with E-state index in [0.29, 0.717) is 0 Å². The Kier molecular flexibility index (Phi) is 15.1. The number of nitrogens with one attached hydrogen (secondary N) is 3. The van der Waals surface area contributed by atoms with Gasteiger partial charge in [0.25, 0.3) is 0 Å². The van der Waals surface area contributed by atoms with Gasteiger partial charge in [-0.2, -0.15) is 0 Å². The molecule has 0 heterocycles. The molecular formula is C11H28N4S2. The van der Waals surface area contributed by atoms with Gasteiger partial charge in [0.2, 0.25) is 0 Å². The molecule has 0 aliphatic rings. The molecule has 0 saturated heterocycles. The molecule has 0 aromatic heterocycles. The van der Waals surface area contributed by atoms with Crippen LogP contribution in [0, 0.1) is 0 Å². The lowest BCUT2D eigenvalue weighted by Gasteiger charge is -2.12. The molecule has 0 fully saturated rings. The van der Waals surface area contributed by atoms with Crippen LogP contribution < -0.4 is 21.7 Å². The van der Waals surface area contributed by atoms with Gasteiger partial charge in [0.15, 0.2) is 0 Å². The Morgan fingerprint density at radius 1 is 1.06 bits per heavy atom. The molecule has 0 rings (SSSR count). The van der Waals surface area contributed by atoms with Crippen molar-refractivity contribution >= 4 is 21.6 Å². The van der Waals surface area contributed by atoms with Crippen LogP contribution in [-0.2, 0) is 0 Å². The summed E-state index contributed by atoms with van der Waals surface area (Å²) >= 11 is 0. The lowest BCUT2D eigenvalue weighted by atomic mass is 10.3. The molecular weight excluding hydrogens is 252 g/mol. The van der Waals surface area contributed by atoms with E-state index in [0.717, 1.165) is 38.4 Å². The zero-order valence-corrected chi connectivity index (χ0v) is 12.8. The highest BCUT2D eigenvalue weighted by molar-refractivity contribution is 8.76. The average molecular weight is 281 g/mol. The predicted octanol–water partition coefficient (Wildman–Crippen LogP) is 0.851. The van der Waals surface area contributed by atoms with Gasteiger partial charge < -0.3 is 21.7 Å². The fraction of sp³-hybridized carbons (Fsp3) is 1.00. The number of hydrogen-bond acceptors (Lipinski definition) is 6. The third-order valence-corrected chi connectivity index (χ3v) is 4.58. The highest BCUT2D eigenvalue weighted by atomic mass is 33.1. The van der Waals surface area contributed by atoms with Gasteiger partial charge in [0.1, 0.15) is 0 Å². The summed E-state index contributed by atoms with van der Waals surface area (Å²) in [6.07, 6.45) is 2.32. The Morgan fingerprint density at radius 2 is 1.76 bits per heavy atom. The molecule has 4 nitrogen and oxygen atoms in total. The van der Waals surface area contributed by atoms with Gasteiger partial charge in [-0.05, 0) is 33.0 Å². The van der Waals surface area contributed by atoms with E-state index in [4.69, 9.17) is 5.73 Å². The maximum atomic E-state index is 5.88. The first-order valence-corrected chi connectivity index (χ1v) is 8.88. The van der Waals surface area contributed by atoms with Gasteiger partial charge in [-0.3, -0.25) is 0 Å². The summed E-state index contributed by atoms with van der Waals surface area (Å²) in [5.41, 5.74) is 5.88. The molecule has 17 heavy (non-hydrogen) atoms. The Hall–Kier alpha value is 0.540. The van der Waals surface area contributed by atoms with Crippen molar-refractivity contribution in [1.29, 1.82) is 0 Å². The zero-order valence-electron chi connectivity index (χ0n) is 11.1. The minimum atomic E-state index is 0.124. The van der Waals surface area contributed by atoms with Gasteiger partial charge in [-0.15, -0.1) is 0 Å². The van der Waals surface area contributed by atoms with E-state index in [-0.39, 0.29) is 6.17 Å². The molecule has 1 unspecified atom stereocenters. The van der Waals surface area contributed by atoms with Crippen molar-refractivity contribution < 1.29 is 0 Å². The predicted molar refractivity (Wildman–Crippen MR) is 82.6 cm³/mol. The molecule has 0 bridgehead atoms. The molecule has 1 atom stereocenters. The minimum absolute atomic E-state index is 0.124. The molecule has 0 aliphatic heterocycles. The Morgan fingerprint density at radius 3 is 2.41 bits per heavy atom. The zero-order chi connectivity index (χ0) is 12.8. The van der Waals surface area contributed by atoms with E-state index in [1.54, 1.807) is 0 Å². The number of rotatable bonds is 13. The van der Waals surface area contributed by atoms with Crippen LogP contribution in [0.4, 0.5) is 0 Å². The molecule has 0 spiro atoms. The second-order valence-corrected chi connectivity index (χ2v) is 6.55. The normalized spacial score (nSPS) is 12.9. The largest absolute Gasteiger partial charge is 0.320 e. The van der Waals surface area contributed by atoms with Crippen LogP contribution in [0.2, 0.25) is 0 Å². The van der Waals surface area contributed by atoms with Gasteiger partial charge >= 0.3 is 0 Å². The first-order valence-electron chi connectivity index (χ1n) is 6.40. The molecule has 0 amide bonds. The van der Waals surface area contributed by atoms with Crippen LogP contribution in [0.5, 0.6) is 0 Å². The summed E-state index contributed by atoms with van der Waals surface area (Å²) in [6.45, 7) is 6.40. The second kappa shape index (κ2) is 14.6. The average Bonchev–Trinajstić information content (AvgIpc) is 2.34. The fourth-order valence-corrected chi connectivity index (χ4v) is 3.09. The molecule has 0 aliphatic carbocycles. The second-order valence-electron chi connectivity index (χ2n) is 3.85. The van der Waals surface area contributed by atoms with Crippen LogP contribution >= 0.6 is 21.6 Å². The van der Waals surface area contributed by atoms with E-state index < -0.39 is 0 Å². The third-order valence-electron chi connectivity index (χ3n) is 2.17. The van der Waals surface area contributed by atoms with E-state index in [1.165, 1.54) is 12.2 Å². The van der Waals surface area contributed by atoms with Crippen molar-refractivity contribution in [3.05, 3.63) is 0 Å². The maximum Gasteiger partial charge on any atom is 0.0558 e. The minimum Gasteiger partial charge on any atom is -0.320 e. The smallest absolute Gasteiger partial charge is 0.0558 e.